The summed E-state index contributed by atoms with van der Waals surface area (Å²) in [6.07, 6.45) is 2.53. The van der Waals surface area contributed by atoms with Crippen LogP contribution in [0.4, 0.5) is 0 Å². The van der Waals surface area contributed by atoms with Gasteiger partial charge in [0, 0.05) is 12.1 Å². The first kappa shape index (κ1) is 14.6. The van der Waals surface area contributed by atoms with E-state index in [9.17, 15) is 9.90 Å². The average molecular weight is 297 g/mol. The van der Waals surface area contributed by atoms with E-state index in [1.54, 1.807) is 18.2 Å². The molecule has 0 aliphatic heterocycles. The zero-order chi connectivity index (χ0) is 15.4. The van der Waals surface area contributed by atoms with Crippen LogP contribution in [-0.4, -0.2) is 23.2 Å². The summed E-state index contributed by atoms with van der Waals surface area (Å²) in [5.74, 6) is 1.14. The predicted octanol–water partition coefficient (Wildman–Crippen LogP) is 3.12. The number of amides is 1. The molecule has 0 heterocycles. The summed E-state index contributed by atoms with van der Waals surface area (Å²) in [6.45, 7) is 0.301. The molecule has 3 rings (SSSR count). The molecular formula is C18H19NO3. The average Bonchev–Trinajstić information content (AvgIpc) is 2.52. The van der Waals surface area contributed by atoms with Crippen molar-refractivity contribution >= 4 is 5.91 Å². The maximum absolute atomic E-state index is 12.2. The summed E-state index contributed by atoms with van der Waals surface area (Å²) in [4.78, 5) is 12.2. The molecule has 4 nitrogen and oxygen atoms in total. The molecule has 2 aromatic rings. The van der Waals surface area contributed by atoms with Gasteiger partial charge in [0.05, 0.1) is 5.60 Å². The number of ether oxygens (including phenoxy) is 1. The van der Waals surface area contributed by atoms with Crippen molar-refractivity contribution in [2.75, 3.05) is 6.54 Å². The lowest BCUT2D eigenvalue weighted by Crippen LogP contribution is -2.47. The molecule has 22 heavy (non-hydrogen) atoms. The number of benzene rings is 2. The zero-order valence-electron chi connectivity index (χ0n) is 12.3. The molecule has 2 N–H and O–H groups in total. The Balaban J connectivity index is 1.64. The van der Waals surface area contributed by atoms with Crippen LogP contribution in [0.2, 0.25) is 0 Å². The van der Waals surface area contributed by atoms with Crippen LogP contribution in [0.3, 0.4) is 0 Å². The van der Waals surface area contributed by atoms with E-state index in [-0.39, 0.29) is 5.91 Å². The molecule has 4 heteroatoms. The standard InChI is InChI=1S/C18H19NO3/c20-17(19-13-18(21)10-5-11-18)14-6-4-9-16(12-14)22-15-7-2-1-3-8-15/h1-4,6-9,12,21H,5,10-11,13H2,(H,19,20). The lowest BCUT2D eigenvalue weighted by molar-refractivity contribution is -0.0300. The van der Waals surface area contributed by atoms with Gasteiger partial charge in [-0.05, 0) is 49.6 Å². The second-order valence-corrected chi connectivity index (χ2v) is 5.70. The molecule has 0 spiro atoms. The third-order valence-electron chi connectivity index (χ3n) is 3.94. The summed E-state index contributed by atoms with van der Waals surface area (Å²) in [5.41, 5.74) is -0.190. The van der Waals surface area contributed by atoms with Crippen LogP contribution in [0.1, 0.15) is 29.6 Å². The van der Waals surface area contributed by atoms with Gasteiger partial charge in [0.25, 0.3) is 5.91 Å². The largest absolute Gasteiger partial charge is 0.457 e. The molecule has 0 atom stereocenters. The second kappa shape index (κ2) is 6.20. The molecule has 2 aromatic carbocycles. The summed E-state index contributed by atoms with van der Waals surface area (Å²) in [6, 6.07) is 16.5. The summed E-state index contributed by atoms with van der Waals surface area (Å²) < 4.78 is 5.72. The Hall–Kier alpha value is -2.33. The van der Waals surface area contributed by atoms with E-state index < -0.39 is 5.60 Å². The topological polar surface area (TPSA) is 58.6 Å². The minimum absolute atomic E-state index is 0.196. The smallest absolute Gasteiger partial charge is 0.251 e. The van der Waals surface area contributed by atoms with Crippen molar-refractivity contribution in [3.63, 3.8) is 0 Å². The lowest BCUT2D eigenvalue weighted by atomic mass is 9.80. The van der Waals surface area contributed by atoms with Gasteiger partial charge in [0.2, 0.25) is 0 Å². The third-order valence-corrected chi connectivity index (χ3v) is 3.94. The Morgan fingerprint density at radius 3 is 2.50 bits per heavy atom. The number of nitrogens with one attached hydrogen (secondary N) is 1. The highest BCUT2D eigenvalue weighted by Gasteiger charge is 2.34. The van der Waals surface area contributed by atoms with Crippen molar-refractivity contribution in [2.24, 2.45) is 0 Å². The molecule has 0 bridgehead atoms. The van der Waals surface area contributed by atoms with E-state index in [4.69, 9.17) is 4.74 Å². The third kappa shape index (κ3) is 3.46. The Bertz CT molecular complexity index is 650. The second-order valence-electron chi connectivity index (χ2n) is 5.70. The van der Waals surface area contributed by atoms with Crippen molar-refractivity contribution < 1.29 is 14.6 Å². The maximum atomic E-state index is 12.2. The van der Waals surface area contributed by atoms with Crippen LogP contribution in [0, 0.1) is 0 Å². The predicted molar refractivity (Wildman–Crippen MR) is 84.1 cm³/mol. The Morgan fingerprint density at radius 1 is 1.09 bits per heavy atom. The lowest BCUT2D eigenvalue weighted by Gasteiger charge is -2.36. The van der Waals surface area contributed by atoms with Crippen molar-refractivity contribution in [2.45, 2.75) is 24.9 Å². The van der Waals surface area contributed by atoms with Crippen LogP contribution in [0.15, 0.2) is 54.6 Å². The number of carbonyl (C=O) groups excluding carboxylic acids is 1. The minimum atomic E-state index is -0.714. The molecule has 1 aliphatic rings. The highest BCUT2D eigenvalue weighted by atomic mass is 16.5. The van der Waals surface area contributed by atoms with Gasteiger partial charge in [-0.2, -0.15) is 0 Å². The van der Waals surface area contributed by atoms with Gasteiger partial charge < -0.3 is 15.2 Å². The molecule has 114 valence electrons. The first-order chi connectivity index (χ1) is 10.6. The molecule has 0 radical (unpaired) electrons. The SMILES string of the molecule is O=C(NCC1(O)CCC1)c1cccc(Oc2ccccc2)c1. The first-order valence-corrected chi connectivity index (χ1v) is 7.48. The highest BCUT2D eigenvalue weighted by molar-refractivity contribution is 5.94. The summed E-state index contributed by atoms with van der Waals surface area (Å²) >= 11 is 0. The van der Waals surface area contributed by atoms with Crippen molar-refractivity contribution in [3.8, 4) is 11.5 Å². The fourth-order valence-corrected chi connectivity index (χ4v) is 2.43. The molecule has 0 unspecified atom stereocenters. The Morgan fingerprint density at radius 2 is 1.82 bits per heavy atom. The molecular weight excluding hydrogens is 278 g/mol. The monoisotopic (exact) mass is 297 g/mol. The van der Waals surface area contributed by atoms with Gasteiger partial charge in [-0.25, -0.2) is 0 Å². The summed E-state index contributed by atoms with van der Waals surface area (Å²) in [7, 11) is 0. The van der Waals surface area contributed by atoms with Crippen LogP contribution in [0.5, 0.6) is 11.5 Å². The maximum Gasteiger partial charge on any atom is 0.251 e. The normalized spacial score (nSPS) is 15.7. The van der Waals surface area contributed by atoms with Crippen molar-refractivity contribution in [1.29, 1.82) is 0 Å². The van der Waals surface area contributed by atoms with E-state index in [0.717, 1.165) is 25.0 Å². The first-order valence-electron chi connectivity index (χ1n) is 7.48. The van der Waals surface area contributed by atoms with Crippen LogP contribution in [0.25, 0.3) is 0 Å². The summed E-state index contributed by atoms with van der Waals surface area (Å²) in [5, 5.41) is 12.8. The Kier molecular flexibility index (Phi) is 4.11. The number of aliphatic hydroxyl groups is 1. The van der Waals surface area contributed by atoms with Gasteiger partial charge >= 0.3 is 0 Å². The van der Waals surface area contributed by atoms with Gasteiger partial charge in [0.15, 0.2) is 0 Å². The number of para-hydroxylation sites is 1. The van der Waals surface area contributed by atoms with E-state index in [1.165, 1.54) is 0 Å². The van der Waals surface area contributed by atoms with Crippen molar-refractivity contribution in [1.82, 2.24) is 5.32 Å². The van der Waals surface area contributed by atoms with Crippen LogP contribution < -0.4 is 10.1 Å². The number of rotatable bonds is 5. The fourth-order valence-electron chi connectivity index (χ4n) is 2.43. The molecule has 1 fully saturated rings. The van der Waals surface area contributed by atoms with E-state index >= 15 is 0 Å². The molecule has 0 aromatic heterocycles. The van der Waals surface area contributed by atoms with E-state index in [1.807, 2.05) is 36.4 Å². The highest BCUT2D eigenvalue weighted by Crippen LogP contribution is 2.30. The fraction of sp³-hybridized carbons (Fsp3) is 0.278. The van der Waals surface area contributed by atoms with Crippen molar-refractivity contribution in [3.05, 3.63) is 60.2 Å². The van der Waals surface area contributed by atoms with E-state index in [0.29, 0.717) is 17.9 Å². The number of hydrogen-bond acceptors (Lipinski definition) is 3. The van der Waals surface area contributed by atoms with Crippen LogP contribution in [-0.2, 0) is 0 Å². The molecule has 0 saturated heterocycles. The molecule has 1 amide bonds. The molecule has 1 aliphatic carbocycles. The zero-order valence-corrected chi connectivity index (χ0v) is 12.3. The van der Waals surface area contributed by atoms with Gasteiger partial charge in [-0.3, -0.25) is 4.79 Å². The molecule has 1 saturated carbocycles. The Labute approximate surface area is 129 Å². The number of carbonyl (C=O) groups is 1. The van der Waals surface area contributed by atoms with E-state index in [2.05, 4.69) is 5.32 Å². The van der Waals surface area contributed by atoms with Gasteiger partial charge in [-0.1, -0.05) is 24.3 Å². The van der Waals surface area contributed by atoms with Crippen LogP contribution >= 0.6 is 0 Å². The quantitative estimate of drug-likeness (QED) is 0.891. The minimum Gasteiger partial charge on any atom is -0.457 e. The number of hydrogen-bond donors (Lipinski definition) is 2. The van der Waals surface area contributed by atoms with Gasteiger partial charge in [-0.15, -0.1) is 0 Å². The van der Waals surface area contributed by atoms with Gasteiger partial charge in [0.1, 0.15) is 11.5 Å².